The van der Waals surface area contributed by atoms with Crippen molar-refractivity contribution in [2.24, 2.45) is 5.92 Å². The van der Waals surface area contributed by atoms with Crippen molar-refractivity contribution in [3.63, 3.8) is 0 Å². The van der Waals surface area contributed by atoms with Crippen LogP contribution in [-0.2, 0) is 4.79 Å². The molecule has 0 aliphatic carbocycles. The Hall–Kier alpha value is -1.69. The molecular formula is C16H26N4O2. The van der Waals surface area contributed by atoms with Crippen LogP contribution in [0.4, 0.5) is 5.95 Å². The summed E-state index contributed by atoms with van der Waals surface area (Å²) < 4.78 is 0. The Labute approximate surface area is 132 Å². The van der Waals surface area contributed by atoms with Gasteiger partial charge in [-0.25, -0.2) is 9.97 Å². The van der Waals surface area contributed by atoms with E-state index in [1.165, 1.54) is 0 Å². The van der Waals surface area contributed by atoms with Gasteiger partial charge in [0.15, 0.2) is 0 Å². The molecule has 1 fully saturated rings. The van der Waals surface area contributed by atoms with Crippen molar-refractivity contribution in [1.29, 1.82) is 0 Å². The third-order valence-corrected chi connectivity index (χ3v) is 4.26. The monoisotopic (exact) mass is 306 g/mol. The van der Waals surface area contributed by atoms with E-state index in [9.17, 15) is 9.90 Å². The Morgan fingerprint density at radius 2 is 1.91 bits per heavy atom. The summed E-state index contributed by atoms with van der Waals surface area (Å²) in [6.07, 6.45) is 7.12. The highest BCUT2D eigenvalue weighted by Crippen LogP contribution is 2.16. The fourth-order valence-electron chi connectivity index (χ4n) is 2.81. The highest BCUT2D eigenvalue weighted by atomic mass is 16.4. The Morgan fingerprint density at radius 1 is 1.23 bits per heavy atom. The maximum absolute atomic E-state index is 11.3. The number of nitrogens with zero attached hydrogens (tertiary/aromatic N) is 4. The van der Waals surface area contributed by atoms with Crippen LogP contribution in [0.3, 0.4) is 0 Å². The molecule has 1 N–H and O–H groups in total. The SMILES string of the molecule is CCCCC(CCN1CCN(c2ncccn2)CC1)C(=O)O. The van der Waals surface area contributed by atoms with Crippen LogP contribution in [0.15, 0.2) is 18.5 Å². The number of aliphatic carboxylic acids is 1. The fourth-order valence-corrected chi connectivity index (χ4v) is 2.81. The zero-order valence-corrected chi connectivity index (χ0v) is 13.3. The first-order chi connectivity index (χ1) is 10.7. The zero-order chi connectivity index (χ0) is 15.8. The predicted octanol–water partition coefficient (Wildman–Crippen LogP) is 1.88. The Bertz CT molecular complexity index is 447. The molecule has 0 aromatic carbocycles. The minimum atomic E-state index is -0.648. The largest absolute Gasteiger partial charge is 0.481 e. The van der Waals surface area contributed by atoms with Gasteiger partial charge in [-0.2, -0.15) is 0 Å². The summed E-state index contributed by atoms with van der Waals surface area (Å²) in [5.74, 6) is -0.0614. The van der Waals surface area contributed by atoms with Crippen molar-refractivity contribution in [3.8, 4) is 0 Å². The molecule has 1 unspecified atom stereocenters. The minimum Gasteiger partial charge on any atom is -0.481 e. The second kappa shape index (κ2) is 8.68. The summed E-state index contributed by atoms with van der Waals surface area (Å²) in [5.41, 5.74) is 0. The molecule has 0 radical (unpaired) electrons. The Kier molecular flexibility index (Phi) is 6.58. The van der Waals surface area contributed by atoms with E-state index < -0.39 is 5.97 Å². The van der Waals surface area contributed by atoms with Crippen LogP contribution in [0.1, 0.15) is 32.6 Å². The average Bonchev–Trinajstić information content (AvgIpc) is 2.56. The molecule has 22 heavy (non-hydrogen) atoms. The molecule has 0 bridgehead atoms. The van der Waals surface area contributed by atoms with E-state index >= 15 is 0 Å². The van der Waals surface area contributed by atoms with Gasteiger partial charge in [0.2, 0.25) is 5.95 Å². The minimum absolute atomic E-state index is 0.199. The molecule has 0 amide bonds. The van der Waals surface area contributed by atoms with Gasteiger partial charge in [0.25, 0.3) is 0 Å². The van der Waals surface area contributed by atoms with Crippen molar-refractivity contribution in [3.05, 3.63) is 18.5 Å². The number of anilines is 1. The van der Waals surface area contributed by atoms with Crippen LogP contribution in [0.25, 0.3) is 0 Å². The van der Waals surface area contributed by atoms with Crippen LogP contribution >= 0.6 is 0 Å². The van der Waals surface area contributed by atoms with E-state index in [0.717, 1.165) is 64.4 Å². The molecule has 0 saturated carbocycles. The molecule has 1 saturated heterocycles. The van der Waals surface area contributed by atoms with Crippen LogP contribution < -0.4 is 4.90 Å². The Balaban J connectivity index is 1.74. The van der Waals surface area contributed by atoms with Crippen LogP contribution in [-0.4, -0.2) is 58.7 Å². The van der Waals surface area contributed by atoms with Crippen molar-refractivity contribution in [2.45, 2.75) is 32.6 Å². The number of carbonyl (C=O) groups is 1. The second-order valence-electron chi connectivity index (χ2n) is 5.84. The number of unbranched alkanes of at least 4 members (excludes halogenated alkanes) is 1. The summed E-state index contributed by atoms with van der Waals surface area (Å²) in [5, 5.41) is 9.28. The van der Waals surface area contributed by atoms with E-state index in [4.69, 9.17) is 0 Å². The fraction of sp³-hybridized carbons (Fsp3) is 0.688. The van der Waals surface area contributed by atoms with Gasteiger partial charge in [0.1, 0.15) is 0 Å². The maximum Gasteiger partial charge on any atom is 0.306 e. The van der Waals surface area contributed by atoms with Crippen LogP contribution in [0.2, 0.25) is 0 Å². The number of carboxylic acids is 1. The van der Waals surface area contributed by atoms with Gasteiger partial charge in [-0.1, -0.05) is 19.8 Å². The van der Waals surface area contributed by atoms with Crippen LogP contribution in [0.5, 0.6) is 0 Å². The molecule has 6 nitrogen and oxygen atoms in total. The molecule has 1 atom stereocenters. The zero-order valence-electron chi connectivity index (χ0n) is 13.3. The lowest BCUT2D eigenvalue weighted by Gasteiger charge is -2.35. The van der Waals surface area contributed by atoms with Gasteiger partial charge in [-0.15, -0.1) is 0 Å². The molecule has 2 rings (SSSR count). The summed E-state index contributed by atoms with van der Waals surface area (Å²) in [6, 6.07) is 1.82. The number of piperazine rings is 1. The highest BCUT2D eigenvalue weighted by Gasteiger charge is 2.21. The van der Waals surface area contributed by atoms with Crippen LogP contribution in [0, 0.1) is 5.92 Å². The first-order valence-electron chi connectivity index (χ1n) is 8.18. The number of hydrogen-bond donors (Lipinski definition) is 1. The summed E-state index contributed by atoms with van der Waals surface area (Å²) >= 11 is 0. The summed E-state index contributed by atoms with van der Waals surface area (Å²) in [4.78, 5) is 24.4. The van der Waals surface area contributed by atoms with Gasteiger partial charge < -0.3 is 10.0 Å². The van der Waals surface area contributed by atoms with E-state index in [-0.39, 0.29) is 5.92 Å². The molecule has 1 aliphatic heterocycles. The molecular weight excluding hydrogens is 280 g/mol. The smallest absolute Gasteiger partial charge is 0.306 e. The standard InChI is InChI=1S/C16H26N4O2/c1-2-3-5-14(15(21)22)6-9-19-10-12-20(13-11-19)16-17-7-4-8-18-16/h4,7-8,14H,2-3,5-6,9-13H2,1H3,(H,21,22). The number of aromatic nitrogens is 2. The van der Waals surface area contributed by atoms with E-state index in [2.05, 4.69) is 26.7 Å². The molecule has 0 spiro atoms. The predicted molar refractivity (Wildman–Crippen MR) is 86.0 cm³/mol. The maximum atomic E-state index is 11.3. The Morgan fingerprint density at radius 3 is 2.50 bits per heavy atom. The third kappa shape index (κ3) is 4.94. The lowest BCUT2D eigenvalue weighted by atomic mass is 9.98. The van der Waals surface area contributed by atoms with Crippen molar-refractivity contribution < 1.29 is 9.90 Å². The normalized spacial score (nSPS) is 17.4. The van der Waals surface area contributed by atoms with E-state index in [0.29, 0.717) is 0 Å². The summed E-state index contributed by atoms with van der Waals surface area (Å²) in [7, 11) is 0. The molecule has 1 aromatic rings. The van der Waals surface area contributed by atoms with Crippen molar-refractivity contribution in [2.75, 3.05) is 37.6 Å². The topological polar surface area (TPSA) is 69.6 Å². The molecule has 6 heteroatoms. The molecule has 2 heterocycles. The molecule has 122 valence electrons. The first-order valence-corrected chi connectivity index (χ1v) is 8.18. The van der Waals surface area contributed by atoms with Crippen molar-refractivity contribution in [1.82, 2.24) is 14.9 Å². The lowest BCUT2D eigenvalue weighted by molar-refractivity contribution is -0.142. The van der Waals surface area contributed by atoms with Crippen molar-refractivity contribution >= 4 is 11.9 Å². The van der Waals surface area contributed by atoms with Gasteiger partial charge in [-0.3, -0.25) is 9.69 Å². The molecule has 1 aliphatic rings. The number of carboxylic acid groups (broad SMARTS) is 1. The third-order valence-electron chi connectivity index (χ3n) is 4.26. The van der Waals surface area contributed by atoms with E-state index in [1.807, 2.05) is 6.07 Å². The van der Waals surface area contributed by atoms with Gasteiger partial charge in [-0.05, 0) is 25.5 Å². The van der Waals surface area contributed by atoms with Gasteiger partial charge in [0.05, 0.1) is 5.92 Å². The summed E-state index contributed by atoms with van der Waals surface area (Å²) in [6.45, 7) is 6.65. The van der Waals surface area contributed by atoms with Gasteiger partial charge >= 0.3 is 5.97 Å². The van der Waals surface area contributed by atoms with Gasteiger partial charge in [0, 0.05) is 38.6 Å². The van der Waals surface area contributed by atoms with E-state index in [1.54, 1.807) is 12.4 Å². The highest BCUT2D eigenvalue weighted by molar-refractivity contribution is 5.69. The molecule has 1 aromatic heterocycles. The average molecular weight is 306 g/mol. The quantitative estimate of drug-likeness (QED) is 0.791. The first kappa shape index (κ1) is 16.7. The number of hydrogen-bond acceptors (Lipinski definition) is 5. The number of rotatable bonds is 8. The lowest BCUT2D eigenvalue weighted by Crippen LogP contribution is -2.47. The second-order valence-corrected chi connectivity index (χ2v) is 5.84.